The van der Waals surface area contributed by atoms with E-state index in [4.69, 9.17) is 4.74 Å². The number of ether oxygens (including phenoxy) is 1. The van der Waals surface area contributed by atoms with Gasteiger partial charge in [-0.1, -0.05) is 0 Å². The molecule has 186 valence electrons. The number of hydrogen-bond donors (Lipinski definition) is 8. The Morgan fingerprint density at radius 3 is 2.06 bits per heavy atom. The van der Waals surface area contributed by atoms with Crippen molar-refractivity contribution < 1.29 is 83.9 Å². The first kappa shape index (κ1) is 27.4. The van der Waals surface area contributed by atoms with Gasteiger partial charge in [0.15, 0.2) is 23.1 Å². The summed E-state index contributed by atoms with van der Waals surface area (Å²) in [7, 11) is 0. The molecule has 0 bridgehead atoms. The van der Waals surface area contributed by atoms with E-state index in [0.717, 1.165) is 6.92 Å². The number of phenols is 4. The molecular formula is C22H19LiO13. The van der Waals surface area contributed by atoms with Crippen molar-refractivity contribution in [2.45, 2.75) is 37.4 Å². The molecule has 2 aromatic rings. The number of phenolic OH excluding ortho intramolecular Hbond substituents is 3. The number of aromatic hydroxyl groups is 4. The fourth-order valence-corrected chi connectivity index (χ4v) is 4.57. The minimum absolute atomic E-state index is 0. The zero-order valence-electron chi connectivity index (χ0n) is 18.8. The van der Waals surface area contributed by atoms with Crippen molar-refractivity contribution in [2.24, 2.45) is 0 Å². The van der Waals surface area contributed by atoms with E-state index in [0.29, 0.717) is 6.07 Å². The summed E-state index contributed by atoms with van der Waals surface area (Å²) >= 11 is 0. The molecule has 1 unspecified atom stereocenters. The van der Waals surface area contributed by atoms with Crippen LogP contribution in [0.25, 0.3) is 0 Å². The van der Waals surface area contributed by atoms with Crippen LogP contribution in [0.5, 0.6) is 23.0 Å². The summed E-state index contributed by atoms with van der Waals surface area (Å²) < 4.78 is 5.29. The Bertz CT molecular complexity index is 1300. The van der Waals surface area contributed by atoms with Gasteiger partial charge in [-0.3, -0.25) is 9.59 Å². The Labute approximate surface area is 213 Å². The minimum Gasteiger partial charge on any atom is -0.545 e. The maximum Gasteiger partial charge on any atom is 1.00 e. The SMILES string of the molecule is Cc1c(C(=O)[O-])c(O)cc2c1C(=O)c1c(O)c([C@@H]3OC(CO)[C@@H](O)[C@H](O)[C@H]3O)c(O)c(O)c1C2=O.[Li+]. The summed E-state index contributed by atoms with van der Waals surface area (Å²) in [6.45, 7) is 0.245. The maximum atomic E-state index is 13.4. The number of aliphatic hydroxyl groups is 4. The number of aliphatic hydroxyl groups excluding tert-OH is 4. The molecule has 0 radical (unpaired) electrons. The number of rotatable bonds is 3. The van der Waals surface area contributed by atoms with E-state index in [2.05, 4.69) is 0 Å². The van der Waals surface area contributed by atoms with Gasteiger partial charge in [0.25, 0.3) is 0 Å². The third kappa shape index (κ3) is 3.64. The molecule has 13 nitrogen and oxygen atoms in total. The Kier molecular flexibility index (Phi) is 7.15. The van der Waals surface area contributed by atoms with Gasteiger partial charge in [-0.25, -0.2) is 0 Å². The van der Waals surface area contributed by atoms with Crippen LogP contribution >= 0.6 is 0 Å². The maximum absolute atomic E-state index is 13.4. The van der Waals surface area contributed by atoms with E-state index < -0.39 is 111 Å². The second kappa shape index (κ2) is 9.38. The third-order valence-corrected chi connectivity index (χ3v) is 6.32. The predicted octanol–water partition coefficient (Wildman–Crippen LogP) is -5.52. The van der Waals surface area contributed by atoms with Crippen LogP contribution in [0.2, 0.25) is 0 Å². The average molecular weight is 498 g/mol. The fourth-order valence-electron chi connectivity index (χ4n) is 4.57. The minimum atomic E-state index is -2.04. The van der Waals surface area contributed by atoms with Crippen molar-refractivity contribution in [3.8, 4) is 23.0 Å². The second-order valence-corrected chi connectivity index (χ2v) is 8.22. The molecule has 0 spiro atoms. The first-order valence-electron chi connectivity index (χ1n) is 10.1. The number of carboxylic acids is 1. The van der Waals surface area contributed by atoms with Crippen LogP contribution in [0.3, 0.4) is 0 Å². The molecule has 1 fully saturated rings. The third-order valence-electron chi connectivity index (χ3n) is 6.32. The van der Waals surface area contributed by atoms with Gasteiger partial charge in [0.1, 0.15) is 42.0 Å². The fraction of sp³-hybridized carbons (Fsp3) is 0.318. The van der Waals surface area contributed by atoms with E-state index in [1.807, 2.05) is 0 Å². The average Bonchev–Trinajstić information content (AvgIpc) is 2.79. The monoisotopic (exact) mass is 498 g/mol. The molecule has 14 heteroatoms. The van der Waals surface area contributed by atoms with Gasteiger partial charge in [0.05, 0.1) is 29.3 Å². The number of ketones is 2. The molecule has 1 aliphatic heterocycles. The van der Waals surface area contributed by atoms with E-state index in [1.165, 1.54) is 0 Å². The largest absolute Gasteiger partial charge is 1.00 e. The zero-order chi connectivity index (χ0) is 26.1. The predicted molar refractivity (Wildman–Crippen MR) is 108 cm³/mol. The van der Waals surface area contributed by atoms with E-state index in [1.54, 1.807) is 0 Å². The number of carbonyl (C=O) groups excluding carboxylic acids is 3. The summed E-state index contributed by atoms with van der Waals surface area (Å²) in [6.07, 6.45) is -9.16. The normalized spacial score (nSPS) is 25.1. The van der Waals surface area contributed by atoms with Gasteiger partial charge in [-0.2, -0.15) is 0 Å². The molecule has 2 aliphatic rings. The van der Waals surface area contributed by atoms with Gasteiger partial charge in [-0.05, 0) is 18.6 Å². The van der Waals surface area contributed by atoms with Crippen LogP contribution in [0, 0.1) is 6.92 Å². The van der Waals surface area contributed by atoms with Crippen molar-refractivity contribution in [3.63, 3.8) is 0 Å². The van der Waals surface area contributed by atoms with Gasteiger partial charge in [-0.15, -0.1) is 0 Å². The Morgan fingerprint density at radius 2 is 1.50 bits per heavy atom. The first-order chi connectivity index (χ1) is 16.3. The molecule has 36 heavy (non-hydrogen) atoms. The van der Waals surface area contributed by atoms with E-state index >= 15 is 0 Å². The number of fused-ring (bicyclic) bond motifs is 2. The second-order valence-electron chi connectivity index (χ2n) is 8.22. The van der Waals surface area contributed by atoms with Crippen molar-refractivity contribution >= 4 is 17.5 Å². The molecular weight excluding hydrogens is 479 g/mol. The molecule has 1 saturated heterocycles. The Balaban J connectivity index is 0.00000361. The van der Waals surface area contributed by atoms with E-state index in [9.17, 15) is 60.3 Å². The molecule has 0 aromatic heterocycles. The van der Waals surface area contributed by atoms with Crippen LogP contribution in [-0.4, -0.2) is 89.4 Å². The summed E-state index contributed by atoms with van der Waals surface area (Å²) in [6, 6.07) is 0.676. The van der Waals surface area contributed by atoms with Crippen LogP contribution < -0.4 is 24.0 Å². The molecule has 1 aliphatic carbocycles. The number of benzene rings is 2. The quantitative estimate of drug-likeness (QED) is 0.0955. The van der Waals surface area contributed by atoms with Crippen LogP contribution in [0.15, 0.2) is 6.07 Å². The van der Waals surface area contributed by atoms with Gasteiger partial charge in [0.2, 0.25) is 0 Å². The standard InChI is InChI=1S/C22H20O13.Li/c1-4-8-5(2-6(24)9(4)22(33)34)13(25)10-11(15(8)27)16(28)12(18(30)17(10)29)21-20(32)19(31)14(26)7(3-23)35-21;/h2,7,14,19-21,23-24,26,28-32H,3H2,1H3,(H,33,34);/q;+1/p-1/t7?,14-,19+,20-,21+;/m1./s1. The molecule has 0 saturated carbocycles. The van der Waals surface area contributed by atoms with Crippen molar-refractivity contribution in [1.82, 2.24) is 0 Å². The molecule has 5 atom stereocenters. The smallest absolute Gasteiger partial charge is 0.545 e. The van der Waals surface area contributed by atoms with Crippen LogP contribution in [-0.2, 0) is 4.74 Å². The van der Waals surface area contributed by atoms with Crippen molar-refractivity contribution in [1.29, 1.82) is 0 Å². The summed E-state index contributed by atoms with van der Waals surface area (Å²) in [4.78, 5) is 37.9. The Hall–Kier alpha value is -3.15. The van der Waals surface area contributed by atoms with Crippen molar-refractivity contribution in [2.75, 3.05) is 6.61 Å². The molecule has 1 heterocycles. The summed E-state index contributed by atoms with van der Waals surface area (Å²) in [5.74, 6) is -8.64. The molecule has 4 rings (SSSR count). The summed E-state index contributed by atoms with van der Waals surface area (Å²) in [5.41, 5.74) is -4.78. The van der Waals surface area contributed by atoms with Gasteiger partial charge in [0, 0.05) is 16.7 Å². The number of hydrogen-bond acceptors (Lipinski definition) is 13. The van der Waals surface area contributed by atoms with Gasteiger partial charge < -0.3 is 55.5 Å². The molecule has 2 aromatic carbocycles. The van der Waals surface area contributed by atoms with Gasteiger partial charge >= 0.3 is 18.9 Å². The topological polar surface area (TPSA) is 245 Å². The number of carbonyl (C=O) groups is 3. The van der Waals surface area contributed by atoms with Crippen molar-refractivity contribution in [3.05, 3.63) is 45.0 Å². The summed E-state index contributed by atoms with van der Waals surface area (Å²) in [5, 5.41) is 93.4. The van der Waals surface area contributed by atoms with E-state index in [-0.39, 0.29) is 24.4 Å². The van der Waals surface area contributed by atoms with Crippen LogP contribution in [0.1, 0.15) is 59.4 Å². The van der Waals surface area contributed by atoms with Crippen LogP contribution in [0.4, 0.5) is 0 Å². The number of aromatic carboxylic acids is 1. The molecule has 8 N–H and O–H groups in total. The zero-order valence-corrected chi connectivity index (χ0v) is 18.8. The number of carboxylic acid groups (broad SMARTS) is 1. The molecule has 0 amide bonds. The Morgan fingerprint density at radius 1 is 0.917 bits per heavy atom. The first-order valence-corrected chi connectivity index (χ1v) is 10.1.